The van der Waals surface area contributed by atoms with Crippen LogP contribution in [-0.2, 0) is 11.2 Å². The van der Waals surface area contributed by atoms with E-state index in [0.717, 1.165) is 18.4 Å². The zero-order valence-electron chi connectivity index (χ0n) is 14.7. The molecular weight excluding hydrogens is 286 g/mol. The Hall–Kier alpha value is -1.39. The van der Waals surface area contributed by atoms with E-state index in [4.69, 9.17) is 5.73 Å². The van der Waals surface area contributed by atoms with Gasteiger partial charge in [-0.15, -0.1) is 0 Å². The maximum Gasteiger partial charge on any atom is 0.237 e. The van der Waals surface area contributed by atoms with Crippen molar-refractivity contribution < 1.29 is 4.79 Å². The fraction of sp³-hybridized carbons (Fsp3) is 0.632. The van der Waals surface area contributed by atoms with Crippen LogP contribution in [0.25, 0.3) is 0 Å². The molecule has 128 valence electrons. The SMILES string of the molecule is CC1CCCC(CNC(=O)C(N)Cc2ccccc2)(N(C)C)C1. The van der Waals surface area contributed by atoms with E-state index in [1.54, 1.807) is 0 Å². The second kappa shape index (κ2) is 7.93. The van der Waals surface area contributed by atoms with Crippen molar-refractivity contribution >= 4 is 5.91 Å². The van der Waals surface area contributed by atoms with Crippen LogP contribution in [0.15, 0.2) is 30.3 Å². The standard InChI is InChI=1S/C19H31N3O/c1-15-8-7-11-19(13-15,22(2)3)14-21-18(23)17(20)12-16-9-5-4-6-10-16/h4-6,9-10,15,17H,7-8,11-14,20H2,1-3H3,(H,21,23). The number of nitrogens with one attached hydrogen (secondary N) is 1. The first kappa shape index (κ1) is 18.0. The van der Waals surface area contributed by atoms with Gasteiger partial charge in [-0.3, -0.25) is 4.79 Å². The second-order valence-electron chi connectivity index (χ2n) is 7.33. The number of likely N-dealkylation sites (N-methyl/N-ethyl adjacent to an activating group) is 1. The smallest absolute Gasteiger partial charge is 0.237 e. The number of nitrogens with zero attached hydrogens (tertiary/aromatic N) is 1. The molecule has 0 aromatic heterocycles. The molecule has 2 rings (SSSR count). The van der Waals surface area contributed by atoms with Gasteiger partial charge < -0.3 is 16.0 Å². The van der Waals surface area contributed by atoms with E-state index < -0.39 is 6.04 Å². The first-order valence-corrected chi connectivity index (χ1v) is 8.67. The summed E-state index contributed by atoms with van der Waals surface area (Å²) in [5.74, 6) is 0.661. The van der Waals surface area contributed by atoms with Gasteiger partial charge in [-0.2, -0.15) is 0 Å². The van der Waals surface area contributed by atoms with Gasteiger partial charge in [0.25, 0.3) is 0 Å². The Morgan fingerprint density at radius 2 is 2.09 bits per heavy atom. The predicted molar refractivity (Wildman–Crippen MR) is 95.2 cm³/mol. The first-order chi connectivity index (χ1) is 10.9. The van der Waals surface area contributed by atoms with Crippen LogP contribution in [0.4, 0.5) is 0 Å². The quantitative estimate of drug-likeness (QED) is 0.845. The highest BCUT2D eigenvalue weighted by atomic mass is 16.2. The lowest BCUT2D eigenvalue weighted by molar-refractivity contribution is -0.123. The van der Waals surface area contributed by atoms with Crippen LogP contribution in [0.1, 0.15) is 38.2 Å². The lowest BCUT2D eigenvalue weighted by atomic mass is 9.75. The molecule has 1 aromatic rings. The van der Waals surface area contributed by atoms with Gasteiger partial charge in [0.15, 0.2) is 0 Å². The maximum atomic E-state index is 12.4. The largest absolute Gasteiger partial charge is 0.353 e. The van der Waals surface area contributed by atoms with Gasteiger partial charge in [0.05, 0.1) is 6.04 Å². The van der Waals surface area contributed by atoms with E-state index in [0.29, 0.717) is 18.9 Å². The summed E-state index contributed by atoms with van der Waals surface area (Å²) in [5, 5.41) is 3.11. The summed E-state index contributed by atoms with van der Waals surface area (Å²) in [4.78, 5) is 14.7. The number of hydrogen-bond donors (Lipinski definition) is 2. The number of rotatable bonds is 6. The highest BCUT2D eigenvalue weighted by molar-refractivity contribution is 5.81. The summed E-state index contributed by atoms with van der Waals surface area (Å²) < 4.78 is 0. The van der Waals surface area contributed by atoms with Crippen LogP contribution in [0.5, 0.6) is 0 Å². The van der Waals surface area contributed by atoms with Gasteiger partial charge in [-0.1, -0.05) is 50.1 Å². The first-order valence-electron chi connectivity index (χ1n) is 8.67. The van der Waals surface area contributed by atoms with Gasteiger partial charge in [0.1, 0.15) is 0 Å². The Kier molecular flexibility index (Phi) is 6.19. The molecule has 1 fully saturated rings. The number of amides is 1. The monoisotopic (exact) mass is 317 g/mol. The van der Waals surface area contributed by atoms with E-state index in [9.17, 15) is 4.79 Å². The third-order valence-electron chi connectivity index (χ3n) is 5.24. The minimum absolute atomic E-state index is 0.0479. The molecule has 4 heteroatoms. The molecule has 1 amide bonds. The molecule has 0 heterocycles. The van der Waals surface area contributed by atoms with Gasteiger partial charge in [0.2, 0.25) is 5.91 Å². The number of carbonyl (C=O) groups excluding carboxylic acids is 1. The summed E-state index contributed by atoms with van der Waals surface area (Å²) in [7, 11) is 4.24. The van der Waals surface area contributed by atoms with Gasteiger partial charge in [-0.05, 0) is 44.8 Å². The van der Waals surface area contributed by atoms with Crippen molar-refractivity contribution in [3.05, 3.63) is 35.9 Å². The third-order valence-corrected chi connectivity index (χ3v) is 5.24. The Morgan fingerprint density at radius 3 is 2.70 bits per heavy atom. The highest BCUT2D eigenvalue weighted by Gasteiger charge is 2.37. The molecule has 1 aliphatic carbocycles. The highest BCUT2D eigenvalue weighted by Crippen LogP contribution is 2.35. The lowest BCUT2D eigenvalue weighted by Crippen LogP contribution is -2.56. The van der Waals surface area contributed by atoms with E-state index in [-0.39, 0.29) is 11.4 Å². The third kappa shape index (κ3) is 4.79. The molecule has 0 radical (unpaired) electrons. The molecule has 3 atom stereocenters. The predicted octanol–water partition coefficient (Wildman–Crippen LogP) is 2.18. The normalized spacial score (nSPS) is 26.0. The number of hydrogen-bond acceptors (Lipinski definition) is 3. The van der Waals surface area contributed by atoms with E-state index >= 15 is 0 Å². The molecule has 0 spiro atoms. The van der Waals surface area contributed by atoms with Crippen LogP contribution in [0.2, 0.25) is 0 Å². The van der Waals surface area contributed by atoms with Gasteiger partial charge in [-0.25, -0.2) is 0 Å². The minimum Gasteiger partial charge on any atom is -0.353 e. The molecule has 3 unspecified atom stereocenters. The molecule has 1 saturated carbocycles. The molecule has 3 N–H and O–H groups in total. The zero-order chi connectivity index (χ0) is 16.9. The Morgan fingerprint density at radius 1 is 1.39 bits per heavy atom. The van der Waals surface area contributed by atoms with E-state index in [1.807, 2.05) is 30.3 Å². The average molecular weight is 317 g/mol. The van der Waals surface area contributed by atoms with Crippen molar-refractivity contribution in [3.63, 3.8) is 0 Å². The van der Waals surface area contributed by atoms with Gasteiger partial charge in [0, 0.05) is 12.1 Å². The summed E-state index contributed by atoms with van der Waals surface area (Å²) in [6.45, 7) is 2.99. The number of benzene rings is 1. The Labute approximate surface area is 140 Å². The maximum absolute atomic E-state index is 12.4. The topological polar surface area (TPSA) is 58.4 Å². The van der Waals surface area contributed by atoms with Crippen molar-refractivity contribution in [2.45, 2.75) is 50.6 Å². The summed E-state index contributed by atoms with van der Waals surface area (Å²) >= 11 is 0. The molecule has 23 heavy (non-hydrogen) atoms. The molecule has 1 aromatic carbocycles. The van der Waals surface area contributed by atoms with Crippen LogP contribution < -0.4 is 11.1 Å². The van der Waals surface area contributed by atoms with Gasteiger partial charge >= 0.3 is 0 Å². The van der Waals surface area contributed by atoms with E-state index in [2.05, 4.69) is 31.2 Å². The zero-order valence-corrected chi connectivity index (χ0v) is 14.7. The molecular formula is C19H31N3O. The lowest BCUT2D eigenvalue weighted by Gasteiger charge is -2.45. The fourth-order valence-electron chi connectivity index (χ4n) is 3.70. The number of carbonyl (C=O) groups is 1. The summed E-state index contributed by atoms with van der Waals surface area (Å²) in [5.41, 5.74) is 7.26. The van der Waals surface area contributed by atoms with Crippen molar-refractivity contribution in [3.8, 4) is 0 Å². The van der Waals surface area contributed by atoms with Crippen molar-refractivity contribution in [1.82, 2.24) is 10.2 Å². The molecule has 4 nitrogen and oxygen atoms in total. The van der Waals surface area contributed by atoms with Crippen molar-refractivity contribution in [1.29, 1.82) is 0 Å². The Bertz CT molecular complexity index is 503. The molecule has 0 bridgehead atoms. The van der Waals surface area contributed by atoms with Crippen molar-refractivity contribution in [2.24, 2.45) is 11.7 Å². The molecule has 0 saturated heterocycles. The van der Waals surface area contributed by atoms with E-state index in [1.165, 1.54) is 12.8 Å². The van der Waals surface area contributed by atoms with Crippen molar-refractivity contribution in [2.75, 3.05) is 20.6 Å². The average Bonchev–Trinajstić information content (AvgIpc) is 2.53. The second-order valence-corrected chi connectivity index (χ2v) is 7.33. The van der Waals surface area contributed by atoms with Crippen LogP contribution in [0, 0.1) is 5.92 Å². The van der Waals surface area contributed by atoms with Crippen LogP contribution in [0.3, 0.4) is 0 Å². The number of nitrogens with two attached hydrogens (primary N) is 1. The fourth-order valence-corrected chi connectivity index (χ4v) is 3.70. The summed E-state index contributed by atoms with van der Waals surface area (Å²) in [6.07, 6.45) is 5.37. The minimum atomic E-state index is -0.488. The molecule has 1 aliphatic rings. The van der Waals surface area contributed by atoms with Crippen LogP contribution in [-0.4, -0.2) is 43.0 Å². The summed E-state index contributed by atoms with van der Waals surface area (Å²) in [6, 6.07) is 9.46. The molecule has 0 aliphatic heterocycles. The van der Waals surface area contributed by atoms with Crippen LogP contribution >= 0.6 is 0 Å². The Balaban J connectivity index is 1.91.